The van der Waals surface area contributed by atoms with E-state index in [0.29, 0.717) is 17.9 Å². The van der Waals surface area contributed by atoms with Crippen molar-refractivity contribution in [3.05, 3.63) is 21.3 Å². The van der Waals surface area contributed by atoms with E-state index < -0.39 is 0 Å². The average Bonchev–Trinajstić information content (AvgIpc) is 2.72. The third-order valence-electron chi connectivity index (χ3n) is 3.67. The van der Waals surface area contributed by atoms with Crippen LogP contribution in [0.5, 0.6) is 0 Å². The number of rotatable bonds is 2. The maximum atomic E-state index is 11.5. The summed E-state index contributed by atoms with van der Waals surface area (Å²) in [6, 6.07) is 5.04. The molecule has 0 saturated carbocycles. The molecule has 1 aromatic rings. The summed E-state index contributed by atoms with van der Waals surface area (Å²) in [6.07, 6.45) is 3.90. The number of fused-ring (bicyclic) bond motifs is 2. The fourth-order valence-electron chi connectivity index (χ4n) is 2.94. The number of thiophene rings is 1. The van der Waals surface area contributed by atoms with Gasteiger partial charge in [0.15, 0.2) is 0 Å². The Hall–Kier alpha value is -0.380. The number of carbonyl (C=O) groups excluding carboxylic acids is 1. The van der Waals surface area contributed by atoms with Crippen LogP contribution in [0, 0.1) is 0 Å². The van der Waals surface area contributed by atoms with Crippen molar-refractivity contribution in [3.8, 4) is 0 Å². The molecule has 0 aromatic carbocycles. The molecule has 1 aromatic heterocycles. The highest BCUT2D eigenvalue weighted by Crippen LogP contribution is 2.36. The Morgan fingerprint density at radius 3 is 2.56 bits per heavy atom. The maximum absolute atomic E-state index is 11.5. The summed E-state index contributed by atoms with van der Waals surface area (Å²) in [5.41, 5.74) is 0. The summed E-state index contributed by atoms with van der Waals surface area (Å²) in [6.45, 7) is 0.972. The van der Waals surface area contributed by atoms with Crippen LogP contribution in [0.3, 0.4) is 0 Å². The molecule has 0 aliphatic carbocycles. The van der Waals surface area contributed by atoms with E-state index in [1.54, 1.807) is 11.3 Å². The van der Waals surface area contributed by atoms with Gasteiger partial charge in [-0.25, -0.2) is 0 Å². The van der Waals surface area contributed by atoms with Gasteiger partial charge in [-0.2, -0.15) is 0 Å². The zero-order valence-corrected chi connectivity index (χ0v) is 10.6. The van der Waals surface area contributed by atoms with Gasteiger partial charge in [0.05, 0.1) is 4.34 Å². The molecule has 3 rings (SSSR count). The van der Waals surface area contributed by atoms with Gasteiger partial charge in [-0.3, -0.25) is 9.69 Å². The highest BCUT2D eigenvalue weighted by molar-refractivity contribution is 7.16. The van der Waals surface area contributed by atoms with Crippen molar-refractivity contribution in [2.75, 3.05) is 0 Å². The first-order valence-electron chi connectivity index (χ1n) is 5.74. The van der Waals surface area contributed by atoms with Crippen molar-refractivity contribution in [1.29, 1.82) is 0 Å². The van der Waals surface area contributed by atoms with Crippen LogP contribution < -0.4 is 0 Å². The third-order valence-corrected chi connectivity index (χ3v) is 4.88. The molecule has 2 aliphatic heterocycles. The number of nitrogens with zero attached hydrogens (tertiary/aromatic N) is 1. The molecular weight excluding hydrogens is 242 g/mol. The van der Waals surface area contributed by atoms with Crippen molar-refractivity contribution >= 4 is 28.7 Å². The smallest absolute Gasteiger partial charge is 0.136 e. The van der Waals surface area contributed by atoms with Crippen LogP contribution in [0.15, 0.2) is 12.1 Å². The second-order valence-corrected chi connectivity index (χ2v) is 6.51. The van der Waals surface area contributed by atoms with Crippen LogP contribution in [-0.2, 0) is 11.3 Å². The van der Waals surface area contributed by atoms with Crippen LogP contribution in [0.2, 0.25) is 4.34 Å². The van der Waals surface area contributed by atoms with Crippen LogP contribution in [0.4, 0.5) is 0 Å². The fraction of sp³-hybridized carbons (Fsp3) is 0.583. The SMILES string of the molecule is O=C1CC2CCC(C1)N2Cc1ccc(Cl)s1. The van der Waals surface area contributed by atoms with Gasteiger partial charge in [0.2, 0.25) is 0 Å². The summed E-state index contributed by atoms with van der Waals surface area (Å²) >= 11 is 7.59. The van der Waals surface area contributed by atoms with E-state index in [-0.39, 0.29) is 0 Å². The topological polar surface area (TPSA) is 20.3 Å². The van der Waals surface area contributed by atoms with E-state index >= 15 is 0 Å². The number of hydrogen-bond donors (Lipinski definition) is 0. The Bertz CT molecular complexity index is 401. The summed E-state index contributed by atoms with van der Waals surface area (Å²) in [4.78, 5) is 15.3. The predicted molar refractivity (Wildman–Crippen MR) is 65.9 cm³/mol. The van der Waals surface area contributed by atoms with Crippen LogP contribution in [0.1, 0.15) is 30.6 Å². The Labute approximate surface area is 104 Å². The summed E-state index contributed by atoms with van der Waals surface area (Å²) in [7, 11) is 0. The minimum atomic E-state index is 0.452. The van der Waals surface area contributed by atoms with E-state index in [1.165, 1.54) is 17.7 Å². The monoisotopic (exact) mass is 255 g/mol. The van der Waals surface area contributed by atoms with Gasteiger partial charge < -0.3 is 0 Å². The van der Waals surface area contributed by atoms with Gasteiger partial charge in [0.25, 0.3) is 0 Å². The van der Waals surface area contributed by atoms with Gasteiger partial charge in [0, 0.05) is 36.3 Å². The molecule has 2 fully saturated rings. The lowest BCUT2D eigenvalue weighted by molar-refractivity contribution is -0.123. The molecule has 2 atom stereocenters. The molecule has 16 heavy (non-hydrogen) atoms. The quantitative estimate of drug-likeness (QED) is 0.810. The van der Waals surface area contributed by atoms with Crippen molar-refractivity contribution in [2.45, 2.75) is 44.3 Å². The van der Waals surface area contributed by atoms with Crippen molar-refractivity contribution in [3.63, 3.8) is 0 Å². The van der Waals surface area contributed by atoms with Gasteiger partial charge in [-0.05, 0) is 25.0 Å². The first kappa shape index (κ1) is 10.8. The van der Waals surface area contributed by atoms with E-state index in [0.717, 1.165) is 23.7 Å². The lowest BCUT2D eigenvalue weighted by Gasteiger charge is -2.33. The lowest BCUT2D eigenvalue weighted by atomic mass is 10.0. The van der Waals surface area contributed by atoms with Gasteiger partial charge in [0.1, 0.15) is 5.78 Å². The largest absolute Gasteiger partial charge is 0.300 e. The third kappa shape index (κ3) is 1.92. The van der Waals surface area contributed by atoms with Gasteiger partial charge in [-0.1, -0.05) is 11.6 Å². The normalized spacial score (nSPS) is 29.9. The molecule has 2 saturated heterocycles. The zero-order valence-electron chi connectivity index (χ0n) is 8.99. The first-order valence-corrected chi connectivity index (χ1v) is 6.93. The highest BCUT2D eigenvalue weighted by atomic mass is 35.5. The van der Waals surface area contributed by atoms with Gasteiger partial charge in [-0.15, -0.1) is 11.3 Å². The molecule has 2 bridgehead atoms. The Balaban J connectivity index is 1.74. The van der Waals surface area contributed by atoms with Gasteiger partial charge >= 0.3 is 0 Å². The Morgan fingerprint density at radius 1 is 1.31 bits per heavy atom. The minimum Gasteiger partial charge on any atom is -0.300 e. The molecule has 3 heterocycles. The second kappa shape index (κ2) is 4.13. The summed E-state index contributed by atoms with van der Waals surface area (Å²) in [5.74, 6) is 0.452. The van der Waals surface area contributed by atoms with Crippen molar-refractivity contribution < 1.29 is 4.79 Å². The van der Waals surface area contributed by atoms with Crippen LogP contribution in [-0.4, -0.2) is 22.8 Å². The number of halogens is 1. The van der Waals surface area contributed by atoms with E-state index in [9.17, 15) is 4.79 Å². The van der Waals surface area contributed by atoms with E-state index in [4.69, 9.17) is 11.6 Å². The lowest BCUT2D eigenvalue weighted by Crippen LogP contribution is -2.42. The zero-order chi connectivity index (χ0) is 11.1. The number of piperidine rings is 1. The molecule has 2 unspecified atom stereocenters. The molecule has 2 nitrogen and oxygen atoms in total. The Kier molecular flexibility index (Phi) is 2.78. The molecule has 0 radical (unpaired) electrons. The van der Waals surface area contributed by atoms with E-state index in [1.807, 2.05) is 6.07 Å². The fourth-order valence-corrected chi connectivity index (χ4v) is 4.03. The standard InChI is InChI=1S/C12H14ClNOS/c13-12-4-3-11(16-12)7-14-8-1-2-9(14)6-10(15)5-8/h3-4,8-9H,1-2,5-7H2. The number of ketones is 1. The molecule has 0 spiro atoms. The maximum Gasteiger partial charge on any atom is 0.136 e. The number of hydrogen-bond acceptors (Lipinski definition) is 3. The van der Waals surface area contributed by atoms with E-state index in [2.05, 4.69) is 11.0 Å². The molecule has 86 valence electrons. The van der Waals surface area contributed by atoms with Crippen molar-refractivity contribution in [1.82, 2.24) is 4.90 Å². The number of carbonyl (C=O) groups is 1. The van der Waals surface area contributed by atoms with Crippen LogP contribution >= 0.6 is 22.9 Å². The second-order valence-electron chi connectivity index (χ2n) is 4.71. The molecular formula is C12H14ClNOS. The van der Waals surface area contributed by atoms with Crippen molar-refractivity contribution in [2.24, 2.45) is 0 Å². The highest BCUT2D eigenvalue weighted by Gasteiger charge is 2.39. The van der Waals surface area contributed by atoms with Crippen LogP contribution in [0.25, 0.3) is 0 Å². The minimum absolute atomic E-state index is 0.452. The molecule has 0 N–H and O–H groups in total. The molecule has 0 amide bonds. The summed E-state index contributed by atoms with van der Waals surface area (Å²) in [5, 5.41) is 0. The predicted octanol–water partition coefficient (Wildman–Crippen LogP) is 3.10. The summed E-state index contributed by atoms with van der Waals surface area (Å²) < 4.78 is 0.857. The molecule has 2 aliphatic rings. The average molecular weight is 256 g/mol. The molecule has 4 heteroatoms. The Morgan fingerprint density at radius 2 is 2.00 bits per heavy atom. The number of Topliss-reactive ketones (excluding diaryl/α,β-unsaturated/α-hetero) is 1. The first-order chi connectivity index (χ1) is 7.72.